The third kappa shape index (κ3) is 2.99. The highest BCUT2D eigenvalue weighted by atomic mass is 16.2. The van der Waals surface area contributed by atoms with Gasteiger partial charge in [0.25, 0.3) is 0 Å². The molecule has 1 aliphatic heterocycles. The Hall–Kier alpha value is -1.51. The van der Waals surface area contributed by atoms with E-state index in [-0.39, 0.29) is 6.03 Å². The predicted octanol–water partition coefficient (Wildman–Crippen LogP) is 3.26. The molecule has 2 rings (SSSR count). The van der Waals surface area contributed by atoms with Gasteiger partial charge in [0.05, 0.1) is 0 Å². The summed E-state index contributed by atoms with van der Waals surface area (Å²) in [5.74, 6) is 0.617. The van der Waals surface area contributed by atoms with Gasteiger partial charge in [-0.05, 0) is 37.3 Å². The molecule has 1 atom stereocenters. The highest BCUT2D eigenvalue weighted by molar-refractivity contribution is 5.90. The van der Waals surface area contributed by atoms with Crippen LogP contribution >= 0.6 is 0 Å². The van der Waals surface area contributed by atoms with Crippen LogP contribution in [0.4, 0.5) is 10.5 Å². The summed E-state index contributed by atoms with van der Waals surface area (Å²) >= 11 is 0. The molecule has 17 heavy (non-hydrogen) atoms. The number of hydrogen-bond donors (Lipinski definition) is 1. The standard InChI is InChI=1S/C14H20N2O/c1-11-6-5-9-16(10-11)14(17)15-13-8-4-3-7-12(13)2/h3-4,7-8,11H,5-6,9-10H2,1-2H3,(H,15,17). The fraction of sp³-hybridized carbons (Fsp3) is 0.500. The van der Waals surface area contributed by atoms with E-state index in [2.05, 4.69) is 12.2 Å². The first kappa shape index (κ1) is 12.0. The van der Waals surface area contributed by atoms with Crippen molar-refractivity contribution in [2.24, 2.45) is 5.92 Å². The zero-order chi connectivity index (χ0) is 12.3. The number of para-hydroxylation sites is 1. The molecule has 0 saturated carbocycles. The van der Waals surface area contributed by atoms with Crippen LogP contribution in [-0.4, -0.2) is 24.0 Å². The molecule has 1 heterocycles. The molecule has 1 fully saturated rings. The molecule has 1 aliphatic rings. The van der Waals surface area contributed by atoms with E-state index >= 15 is 0 Å². The largest absolute Gasteiger partial charge is 0.324 e. The third-order valence-corrected chi connectivity index (χ3v) is 3.33. The summed E-state index contributed by atoms with van der Waals surface area (Å²) in [5.41, 5.74) is 2.02. The van der Waals surface area contributed by atoms with Crippen LogP contribution in [-0.2, 0) is 0 Å². The van der Waals surface area contributed by atoms with Gasteiger partial charge in [-0.25, -0.2) is 4.79 Å². The Morgan fingerprint density at radius 2 is 2.18 bits per heavy atom. The Kier molecular flexibility index (Phi) is 3.67. The minimum absolute atomic E-state index is 0.0332. The number of urea groups is 1. The van der Waals surface area contributed by atoms with Crippen molar-refractivity contribution in [3.63, 3.8) is 0 Å². The first-order chi connectivity index (χ1) is 8.16. The molecular formula is C14H20N2O. The summed E-state index contributed by atoms with van der Waals surface area (Å²) in [7, 11) is 0. The monoisotopic (exact) mass is 232 g/mol. The fourth-order valence-electron chi connectivity index (χ4n) is 2.28. The summed E-state index contributed by atoms with van der Waals surface area (Å²) in [4.78, 5) is 14.0. The van der Waals surface area contributed by atoms with Crippen molar-refractivity contribution >= 4 is 11.7 Å². The third-order valence-electron chi connectivity index (χ3n) is 3.33. The number of benzene rings is 1. The maximum absolute atomic E-state index is 12.1. The van der Waals surface area contributed by atoms with Crippen molar-refractivity contribution in [2.45, 2.75) is 26.7 Å². The van der Waals surface area contributed by atoms with Gasteiger partial charge in [-0.1, -0.05) is 25.1 Å². The van der Waals surface area contributed by atoms with Crippen molar-refractivity contribution in [1.29, 1.82) is 0 Å². The molecule has 0 aliphatic carbocycles. The lowest BCUT2D eigenvalue weighted by Gasteiger charge is -2.31. The zero-order valence-corrected chi connectivity index (χ0v) is 10.6. The number of carbonyl (C=O) groups is 1. The molecule has 0 bridgehead atoms. The van der Waals surface area contributed by atoms with Crippen LogP contribution in [0.3, 0.4) is 0 Å². The van der Waals surface area contributed by atoms with E-state index in [1.165, 1.54) is 6.42 Å². The highest BCUT2D eigenvalue weighted by Gasteiger charge is 2.20. The van der Waals surface area contributed by atoms with Crippen molar-refractivity contribution in [3.05, 3.63) is 29.8 Å². The van der Waals surface area contributed by atoms with Crippen LogP contribution in [0.15, 0.2) is 24.3 Å². The van der Waals surface area contributed by atoms with Gasteiger partial charge in [-0.2, -0.15) is 0 Å². The van der Waals surface area contributed by atoms with Crippen LogP contribution in [0.1, 0.15) is 25.3 Å². The number of amides is 2. The van der Waals surface area contributed by atoms with E-state index in [9.17, 15) is 4.79 Å². The molecule has 3 heteroatoms. The van der Waals surface area contributed by atoms with Gasteiger partial charge in [-0.3, -0.25) is 0 Å². The number of likely N-dealkylation sites (tertiary alicyclic amines) is 1. The molecule has 0 spiro atoms. The minimum atomic E-state index is 0.0332. The highest BCUT2D eigenvalue weighted by Crippen LogP contribution is 2.18. The molecule has 1 unspecified atom stereocenters. The number of anilines is 1. The van der Waals surface area contributed by atoms with E-state index in [1.807, 2.05) is 36.1 Å². The molecule has 1 aromatic rings. The second-order valence-corrected chi connectivity index (χ2v) is 4.94. The average Bonchev–Trinajstić information content (AvgIpc) is 2.32. The molecule has 1 saturated heterocycles. The molecular weight excluding hydrogens is 212 g/mol. The van der Waals surface area contributed by atoms with Crippen molar-refractivity contribution in [1.82, 2.24) is 4.90 Å². The Bertz CT molecular complexity index is 403. The van der Waals surface area contributed by atoms with Gasteiger partial charge in [0.1, 0.15) is 0 Å². The van der Waals surface area contributed by atoms with Crippen LogP contribution in [0, 0.1) is 12.8 Å². The number of carbonyl (C=O) groups excluding carboxylic acids is 1. The van der Waals surface area contributed by atoms with Crippen LogP contribution in [0.25, 0.3) is 0 Å². The van der Waals surface area contributed by atoms with Crippen molar-refractivity contribution < 1.29 is 4.79 Å². The van der Waals surface area contributed by atoms with E-state index in [0.717, 1.165) is 30.8 Å². The van der Waals surface area contributed by atoms with Crippen molar-refractivity contribution in [2.75, 3.05) is 18.4 Å². The second-order valence-electron chi connectivity index (χ2n) is 4.94. The van der Waals surface area contributed by atoms with E-state index in [0.29, 0.717) is 5.92 Å². The topological polar surface area (TPSA) is 32.3 Å². The van der Waals surface area contributed by atoms with Crippen LogP contribution < -0.4 is 5.32 Å². The molecule has 3 nitrogen and oxygen atoms in total. The predicted molar refractivity (Wildman–Crippen MR) is 70.2 cm³/mol. The van der Waals surface area contributed by atoms with Gasteiger partial charge in [0.2, 0.25) is 0 Å². The maximum Gasteiger partial charge on any atom is 0.321 e. The quantitative estimate of drug-likeness (QED) is 0.792. The number of nitrogens with one attached hydrogen (secondary N) is 1. The fourth-order valence-corrected chi connectivity index (χ4v) is 2.28. The number of hydrogen-bond acceptors (Lipinski definition) is 1. The Morgan fingerprint density at radius 3 is 2.88 bits per heavy atom. The summed E-state index contributed by atoms with van der Waals surface area (Å²) in [5, 5.41) is 2.99. The van der Waals surface area contributed by atoms with E-state index in [1.54, 1.807) is 0 Å². The lowest BCUT2D eigenvalue weighted by atomic mass is 10.0. The average molecular weight is 232 g/mol. The Balaban J connectivity index is 1.99. The van der Waals surface area contributed by atoms with Crippen molar-refractivity contribution in [3.8, 4) is 0 Å². The number of piperidine rings is 1. The van der Waals surface area contributed by atoms with Gasteiger partial charge < -0.3 is 10.2 Å². The van der Waals surface area contributed by atoms with Gasteiger partial charge in [0, 0.05) is 18.8 Å². The molecule has 1 aromatic carbocycles. The van der Waals surface area contributed by atoms with Crippen LogP contribution in [0.5, 0.6) is 0 Å². The Morgan fingerprint density at radius 1 is 1.41 bits per heavy atom. The van der Waals surface area contributed by atoms with E-state index in [4.69, 9.17) is 0 Å². The number of nitrogens with zero attached hydrogens (tertiary/aromatic N) is 1. The first-order valence-corrected chi connectivity index (χ1v) is 6.28. The smallest absolute Gasteiger partial charge is 0.321 e. The molecule has 2 amide bonds. The minimum Gasteiger partial charge on any atom is -0.324 e. The molecule has 0 radical (unpaired) electrons. The first-order valence-electron chi connectivity index (χ1n) is 6.28. The summed E-state index contributed by atoms with van der Waals surface area (Å²) in [6.07, 6.45) is 2.34. The number of rotatable bonds is 1. The lowest BCUT2D eigenvalue weighted by molar-refractivity contribution is 0.182. The Labute approximate surface area is 103 Å². The number of aryl methyl sites for hydroxylation is 1. The normalized spacial score (nSPS) is 20.1. The van der Waals surface area contributed by atoms with Gasteiger partial charge in [0.15, 0.2) is 0 Å². The second kappa shape index (κ2) is 5.21. The van der Waals surface area contributed by atoms with Gasteiger partial charge >= 0.3 is 6.03 Å². The van der Waals surface area contributed by atoms with Gasteiger partial charge in [-0.15, -0.1) is 0 Å². The van der Waals surface area contributed by atoms with E-state index < -0.39 is 0 Å². The lowest BCUT2D eigenvalue weighted by Crippen LogP contribution is -2.41. The SMILES string of the molecule is Cc1ccccc1NC(=O)N1CCCC(C)C1. The summed E-state index contributed by atoms with van der Waals surface area (Å²) < 4.78 is 0. The summed E-state index contributed by atoms with van der Waals surface area (Å²) in [6, 6.07) is 7.91. The zero-order valence-electron chi connectivity index (χ0n) is 10.6. The molecule has 0 aromatic heterocycles. The molecule has 1 N–H and O–H groups in total. The van der Waals surface area contributed by atoms with Crippen LogP contribution in [0.2, 0.25) is 0 Å². The maximum atomic E-state index is 12.1. The summed E-state index contributed by atoms with van der Waals surface area (Å²) in [6.45, 7) is 5.96. The molecule has 92 valence electrons.